The van der Waals surface area contributed by atoms with E-state index in [1.54, 1.807) is 0 Å². The molecule has 0 saturated heterocycles. The summed E-state index contributed by atoms with van der Waals surface area (Å²) in [6.45, 7) is -0.305. The topological polar surface area (TPSA) is 109 Å². The molecule has 7 heteroatoms. The lowest BCUT2D eigenvalue weighted by Crippen LogP contribution is -2.33. The first-order chi connectivity index (χ1) is 4.95. The van der Waals surface area contributed by atoms with E-state index in [-0.39, 0.29) is 13.1 Å². The molecular weight excluding hydrogens is 172 g/mol. The van der Waals surface area contributed by atoms with Crippen LogP contribution in [0.15, 0.2) is 0 Å². The summed E-state index contributed by atoms with van der Waals surface area (Å²) in [5.74, 6) is -0.938. The van der Waals surface area contributed by atoms with Crippen molar-refractivity contribution < 1.29 is 17.8 Å². The first-order valence-electron chi connectivity index (χ1n) is 2.87. The zero-order valence-electron chi connectivity index (χ0n) is 5.78. The summed E-state index contributed by atoms with van der Waals surface area (Å²) in [4.78, 5) is 10.4. The molecule has 0 aliphatic rings. The van der Waals surface area contributed by atoms with Crippen molar-refractivity contribution >= 4 is 16.0 Å². The Morgan fingerprint density at radius 1 is 1.55 bits per heavy atom. The molecule has 6 nitrogen and oxygen atoms in total. The molecule has 11 heavy (non-hydrogen) atoms. The summed E-state index contributed by atoms with van der Waals surface area (Å²) < 4.78 is 28.3. The lowest BCUT2D eigenvalue weighted by Gasteiger charge is -1.99. The highest BCUT2D eigenvalue weighted by Crippen LogP contribution is 1.77. The summed E-state index contributed by atoms with van der Waals surface area (Å²) in [6, 6.07) is 0. The zero-order valence-corrected chi connectivity index (χ0v) is 6.60. The maximum atomic E-state index is 10.4. The molecule has 0 rings (SSSR count). The van der Waals surface area contributed by atoms with Gasteiger partial charge in [0, 0.05) is 6.54 Å². The Bertz CT molecular complexity index is 222. The minimum absolute atomic E-state index is 0.116. The first kappa shape index (κ1) is 10.3. The van der Waals surface area contributed by atoms with Crippen LogP contribution in [0.5, 0.6) is 0 Å². The highest BCUT2D eigenvalue weighted by Gasteiger charge is 2.04. The van der Waals surface area contributed by atoms with Crippen molar-refractivity contribution in [2.45, 2.75) is 0 Å². The van der Waals surface area contributed by atoms with Gasteiger partial charge < -0.3 is 11.1 Å². The molecule has 0 spiro atoms. The number of carbonyl (C=O) groups excluding carboxylic acids is 1. The second kappa shape index (κ2) is 4.27. The standard InChI is InChI=1S/C4H10N2O4S/c5-3-4(7)6-1-2-11(8,9)10/h1-3,5H2,(H,6,7)(H,8,9,10). The molecule has 0 aliphatic heterocycles. The molecule has 0 aliphatic carbocycles. The van der Waals surface area contributed by atoms with Crippen LogP contribution >= 0.6 is 0 Å². The van der Waals surface area contributed by atoms with Crippen LogP contribution < -0.4 is 11.1 Å². The van der Waals surface area contributed by atoms with E-state index in [0.717, 1.165) is 0 Å². The Morgan fingerprint density at radius 3 is 2.45 bits per heavy atom. The van der Waals surface area contributed by atoms with E-state index in [0.29, 0.717) is 0 Å². The monoisotopic (exact) mass is 182 g/mol. The Kier molecular flexibility index (Phi) is 4.01. The summed E-state index contributed by atoms with van der Waals surface area (Å²) in [5, 5.41) is 2.19. The molecule has 0 bridgehead atoms. The molecule has 0 atom stereocenters. The van der Waals surface area contributed by atoms with Gasteiger partial charge >= 0.3 is 0 Å². The predicted molar refractivity (Wildman–Crippen MR) is 38.5 cm³/mol. The van der Waals surface area contributed by atoms with Crippen molar-refractivity contribution in [3.63, 3.8) is 0 Å². The van der Waals surface area contributed by atoms with Crippen molar-refractivity contribution in [1.29, 1.82) is 0 Å². The van der Waals surface area contributed by atoms with Crippen LogP contribution in [0.1, 0.15) is 0 Å². The van der Waals surface area contributed by atoms with E-state index >= 15 is 0 Å². The third-order valence-corrected chi connectivity index (χ3v) is 1.59. The number of amides is 1. The lowest BCUT2D eigenvalue weighted by molar-refractivity contribution is -0.119. The highest BCUT2D eigenvalue weighted by atomic mass is 32.2. The van der Waals surface area contributed by atoms with E-state index in [4.69, 9.17) is 10.3 Å². The first-order valence-corrected chi connectivity index (χ1v) is 4.48. The van der Waals surface area contributed by atoms with Crippen LogP contribution in [0.2, 0.25) is 0 Å². The Balaban J connectivity index is 3.51. The maximum absolute atomic E-state index is 10.4. The van der Waals surface area contributed by atoms with E-state index in [1.807, 2.05) is 0 Å². The van der Waals surface area contributed by atoms with E-state index < -0.39 is 21.8 Å². The van der Waals surface area contributed by atoms with Gasteiger partial charge in [0.1, 0.15) is 0 Å². The average Bonchev–Trinajstić information content (AvgIpc) is 1.85. The number of rotatable bonds is 4. The molecule has 66 valence electrons. The van der Waals surface area contributed by atoms with Crippen molar-refractivity contribution in [2.75, 3.05) is 18.8 Å². The van der Waals surface area contributed by atoms with Gasteiger partial charge in [-0.3, -0.25) is 9.35 Å². The Hall–Kier alpha value is -0.660. The summed E-state index contributed by atoms with van der Waals surface area (Å²) in [6.07, 6.45) is 0. The highest BCUT2D eigenvalue weighted by molar-refractivity contribution is 7.85. The van der Waals surface area contributed by atoms with Gasteiger partial charge in [0.25, 0.3) is 10.1 Å². The largest absolute Gasteiger partial charge is 0.354 e. The SMILES string of the molecule is NCC(=O)NCCS(=O)(=O)O. The van der Waals surface area contributed by atoms with E-state index in [9.17, 15) is 13.2 Å². The van der Waals surface area contributed by atoms with Crippen molar-refractivity contribution in [3.05, 3.63) is 0 Å². The van der Waals surface area contributed by atoms with Gasteiger partial charge in [0.15, 0.2) is 0 Å². The number of hydrogen-bond donors (Lipinski definition) is 3. The van der Waals surface area contributed by atoms with Crippen LogP contribution in [0.4, 0.5) is 0 Å². The van der Waals surface area contributed by atoms with Crippen LogP contribution in [0.25, 0.3) is 0 Å². The van der Waals surface area contributed by atoms with Gasteiger partial charge in [-0.05, 0) is 0 Å². The fraction of sp³-hybridized carbons (Fsp3) is 0.750. The van der Waals surface area contributed by atoms with Crippen molar-refractivity contribution in [1.82, 2.24) is 5.32 Å². The van der Waals surface area contributed by atoms with E-state index in [2.05, 4.69) is 5.32 Å². The fourth-order valence-corrected chi connectivity index (χ4v) is 0.752. The molecule has 0 aromatic rings. The second-order valence-corrected chi connectivity index (χ2v) is 3.41. The molecule has 0 heterocycles. The second-order valence-electron chi connectivity index (χ2n) is 1.84. The summed E-state index contributed by atoms with van der Waals surface area (Å²) in [7, 11) is -3.98. The van der Waals surface area contributed by atoms with Gasteiger partial charge in [-0.2, -0.15) is 8.42 Å². The van der Waals surface area contributed by atoms with E-state index in [1.165, 1.54) is 0 Å². The smallest absolute Gasteiger partial charge is 0.266 e. The molecule has 1 amide bonds. The molecule has 4 N–H and O–H groups in total. The Morgan fingerprint density at radius 2 is 2.09 bits per heavy atom. The normalized spacial score (nSPS) is 11.1. The lowest BCUT2D eigenvalue weighted by atomic mass is 10.6. The fourth-order valence-electron chi connectivity index (χ4n) is 0.392. The predicted octanol–water partition coefficient (Wildman–Crippen LogP) is -2.05. The summed E-state index contributed by atoms with van der Waals surface area (Å²) in [5.41, 5.74) is 4.90. The van der Waals surface area contributed by atoms with Crippen molar-refractivity contribution in [2.24, 2.45) is 5.73 Å². The molecule has 0 unspecified atom stereocenters. The number of nitrogens with one attached hydrogen (secondary N) is 1. The van der Waals surface area contributed by atoms with Gasteiger partial charge in [-0.1, -0.05) is 0 Å². The minimum atomic E-state index is -3.98. The van der Waals surface area contributed by atoms with Crippen LogP contribution in [-0.4, -0.2) is 37.7 Å². The van der Waals surface area contributed by atoms with Crippen molar-refractivity contribution in [3.8, 4) is 0 Å². The van der Waals surface area contributed by atoms with Gasteiger partial charge in [-0.25, -0.2) is 0 Å². The number of hydrogen-bond acceptors (Lipinski definition) is 4. The third kappa shape index (κ3) is 7.23. The van der Waals surface area contributed by atoms with Gasteiger partial charge in [0.2, 0.25) is 5.91 Å². The average molecular weight is 182 g/mol. The minimum Gasteiger partial charge on any atom is -0.354 e. The quantitative estimate of drug-likeness (QED) is 0.433. The van der Waals surface area contributed by atoms with Gasteiger partial charge in [0.05, 0.1) is 12.3 Å². The van der Waals surface area contributed by atoms with Crippen LogP contribution in [0, 0.1) is 0 Å². The van der Waals surface area contributed by atoms with Crippen LogP contribution in [0.3, 0.4) is 0 Å². The molecule has 0 aromatic carbocycles. The molecule has 0 fully saturated rings. The van der Waals surface area contributed by atoms with Gasteiger partial charge in [-0.15, -0.1) is 0 Å². The van der Waals surface area contributed by atoms with Crippen LogP contribution in [-0.2, 0) is 14.9 Å². The maximum Gasteiger partial charge on any atom is 0.266 e. The molecular formula is C4H10N2O4S. The molecule has 0 saturated carbocycles. The Labute approximate surface area is 64.5 Å². The molecule has 0 aromatic heterocycles. The molecule has 0 radical (unpaired) electrons. The third-order valence-electron chi connectivity index (χ3n) is 0.868. The zero-order chi connectivity index (χ0) is 8.91. The number of carbonyl (C=O) groups is 1. The summed E-state index contributed by atoms with van der Waals surface area (Å²) >= 11 is 0. The number of nitrogens with two attached hydrogens (primary N) is 1.